The van der Waals surface area contributed by atoms with Crippen LogP contribution in [-0.2, 0) is 45.4 Å². The molecule has 2 N–H and O–H groups in total. The predicted molar refractivity (Wildman–Crippen MR) is 165 cm³/mol. The number of aliphatic hydroxyl groups excluding tert-OH is 2. The van der Waals surface area contributed by atoms with Gasteiger partial charge in [0.05, 0.1) is 40.6 Å². The summed E-state index contributed by atoms with van der Waals surface area (Å²) in [5, 5.41) is 22.9. The molecule has 6 atom stereocenters. The van der Waals surface area contributed by atoms with Crippen molar-refractivity contribution in [1.29, 1.82) is 0 Å². The van der Waals surface area contributed by atoms with E-state index < -0.39 is 36.6 Å². The van der Waals surface area contributed by atoms with Gasteiger partial charge in [-0.25, -0.2) is 0 Å². The Morgan fingerprint density at radius 2 is 0.705 bits per heavy atom. The fraction of sp³-hybridized carbons (Fsp3) is 0.333. The third-order valence-electron chi connectivity index (χ3n) is 7.77. The van der Waals surface area contributed by atoms with E-state index in [2.05, 4.69) is 0 Å². The van der Waals surface area contributed by atoms with Gasteiger partial charge in [0, 0.05) is 0 Å². The van der Waals surface area contributed by atoms with Crippen molar-refractivity contribution in [1.82, 2.24) is 0 Å². The molecule has 0 radical (unpaired) electrons. The molecule has 0 bridgehead atoms. The SMILES string of the molecule is COc1ccc(CO[C@@H]2[C@@H](OCc3ccccc3)[C@H](OCc3ccccc3)[C@@H](O)[C@@H](O)[C@H]2OCc2ccc(OC)cc2)cc1. The Balaban J connectivity index is 1.42. The quantitative estimate of drug-likeness (QED) is 0.207. The number of aliphatic hydroxyl groups is 2. The van der Waals surface area contributed by atoms with E-state index in [9.17, 15) is 10.2 Å². The Kier molecular flexibility index (Phi) is 11.4. The van der Waals surface area contributed by atoms with Gasteiger partial charge in [-0.1, -0.05) is 84.9 Å². The van der Waals surface area contributed by atoms with Crippen LogP contribution in [0.1, 0.15) is 22.3 Å². The van der Waals surface area contributed by atoms with Crippen LogP contribution in [0.3, 0.4) is 0 Å². The smallest absolute Gasteiger partial charge is 0.118 e. The predicted octanol–water partition coefficient (Wildman–Crippen LogP) is 5.08. The fourth-order valence-electron chi connectivity index (χ4n) is 5.28. The summed E-state index contributed by atoms with van der Waals surface area (Å²) in [6.07, 6.45) is -5.94. The van der Waals surface area contributed by atoms with Gasteiger partial charge in [0.1, 0.15) is 48.1 Å². The maximum absolute atomic E-state index is 11.5. The minimum Gasteiger partial charge on any atom is -0.497 e. The van der Waals surface area contributed by atoms with Crippen molar-refractivity contribution in [3.05, 3.63) is 131 Å². The Hall–Kier alpha value is -3.76. The molecule has 8 heteroatoms. The van der Waals surface area contributed by atoms with Crippen LogP contribution in [0.4, 0.5) is 0 Å². The standard InChI is InChI=1S/C36H40O8/c1-39-29-17-13-27(14-18-29)23-42-34-32(38)31(37)33(41-21-25-9-5-3-6-10-25)35(43-22-26-11-7-4-8-12-26)36(34)44-24-28-15-19-30(40-2)20-16-28/h3-20,31-38H,21-24H2,1-2H3/t31-,32+,33+,34+,35-,36-/m0/s1. The summed E-state index contributed by atoms with van der Waals surface area (Å²) >= 11 is 0. The van der Waals surface area contributed by atoms with Crippen LogP contribution in [0.15, 0.2) is 109 Å². The van der Waals surface area contributed by atoms with Gasteiger partial charge in [-0.15, -0.1) is 0 Å². The second-order valence-electron chi connectivity index (χ2n) is 10.8. The first-order chi connectivity index (χ1) is 21.6. The number of ether oxygens (including phenoxy) is 6. The highest BCUT2D eigenvalue weighted by Crippen LogP contribution is 2.33. The van der Waals surface area contributed by atoms with Gasteiger partial charge >= 0.3 is 0 Å². The van der Waals surface area contributed by atoms with E-state index in [4.69, 9.17) is 28.4 Å². The van der Waals surface area contributed by atoms with Gasteiger partial charge in [-0.05, 0) is 46.5 Å². The van der Waals surface area contributed by atoms with Gasteiger partial charge < -0.3 is 38.6 Å². The van der Waals surface area contributed by atoms with E-state index in [-0.39, 0.29) is 26.4 Å². The summed E-state index contributed by atoms with van der Waals surface area (Å²) < 4.78 is 36.2. The van der Waals surface area contributed by atoms with Crippen LogP contribution < -0.4 is 9.47 Å². The Bertz CT molecular complexity index is 1380. The third kappa shape index (κ3) is 8.24. The molecule has 4 aromatic carbocycles. The van der Waals surface area contributed by atoms with Crippen molar-refractivity contribution < 1.29 is 38.6 Å². The monoisotopic (exact) mass is 600 g/mol. The van der Waals surface area contributed by atoms with Crippen molar-refractivity contribution in [2.45, 2.75) is 63.1 Å². The molecule has 0 aliphatic heterocycles. The Morgan fingerprint density at radius 1 is 0.409 bits per heavy atom. The van der Waals surface area contributed by atoms with E-state index in [1.807, 2.05) is 109 Å². The van der Waals surface area contributed by atoms with E-state index in [1.54, 1.807) is 14.2 Å². The Labute approximate surface area is 258 Å². The van der Waals surface area contributed by atoms with Gasteiger partial charge in [-0.2, -0.15) is 0 Å². The first-order valence-corrected chi connectivity index (χ1v) is 14.7. The summed E-state index contributed by atoms with van der Waals surface area (Å²) in [5.41, 5.74) is 3.68. The summed E-state index contributed by atoms with van der Waals surface area (Å²) in [5.74, 6) is 1.47. The molecule has 1 fully saturated rings. The second-order valence-corrected chi connectivity index (χ2v) is 10.8. The molecule has 0 aromatic heterocycles. The summed E-state index contributed by atoms with van der Waals surface area (Å²) in [6.45, 7) is 0.883. The molecule has 0 saturated heterocycles. The number of methoxy groups -OCH3 is 2. The molecule has 44 heavy (non-hydrogen) atoms. The van der Waals surface area contributed by atoms with Crippen LogP contribution in [-0.4, -0.2) is 61.1 Å². The highest BCUT2D eigenvalue weighted by molar-refractivity contribution is 5.27. The molecule has 8 nitrogen and oxygen atoms in total. The molecule has 1 saturated carbocycles. The Morgan fingerprint density at radius 3 is 1.02 bits per heavy atom. The highest BCUT2D eigenvalue weighted by atomic mass is 16.6. The minimum absolute atomic E-state index is 0.182. The van der Waals surface area contributed by atoms with Crippen LogP contribution in [0, 0.1) is 0 Å². The average Bonchev–Trinajstić information content (AvgIpc) is 3.08. The molecular formula is C36H40O8. The first-order valence-electron chi connectivity index (χ1n) is 14.7. The second kappa shape index (κ2) is 15.8. The molecule has 1 aliphatic carbocycles. The lowest BCUT2D eigenvalue weighted by atomic mass is 9.84. The largest absolute Gasteiger partial charge is 0.497 e. The summed E-state index contributed by atoms with van der Waals surface area (Å²) in [6, 6.07) is 34.5. The maximum Gasteiger partial charge on any atom is 0.118 e. The first kappa shape index (κ1) is 31.7. The van der Waals surface area contributed by atoms with Crippen LogP contribution in [0.2, 0.25) is 0 Å². The lowest BCUT2D eigenvalue weighted by Gasteiger charge is -2.47. The molecule has 1 aliphatic rings. The number of hydrogen-bond acceptors (Lipinski definition) is 8. The van der Waals surface area contributed by atoms with Gasteiger partial charge in [0.2, 0.25) is 0 Å². The molecule has 0 unspecified atom stereocenters. The number of hydrogen-bond donors (Lipinski definition) is 2. The van der Waals surface area contributed by atoms with Crippen LogP contribution in [0.25, 0.3) is 0 Å². The normalized spacial score (nSPS) is 23.3. The topological polar surface area (TPSA) is 95.8 Å². The van der Waals surface area contributed by atoms with E-state index >= 15 is 0 Å². The molecule has 0 heterocycles. The lowest BCUT2D eigenvalue weighted by Crippen LogP contribution is -2.66. The molecule has 232 valence electrons. The molecule has 0 amide bonds. The molecule has 0 spiro atoms. The highest BCUT2D eigenvalue weighted by Gasteiger charge is 2.52. The van der Waals surface area contributed by atoms with Gasteiger partial charge in [-0.3, -0.25) is 0 Å². The van der Waals surface area contributed by atoms with E-state index in [1.165, 1.54) is 0 Å². The van der Waals surface area contributed by atoms with Gasteiger partial charge in [0.15, 0.2) is 0 Å². The van der Waals surface area contributed by atoms with Crippen LogP contribution >= 0.6 is 0 Å². The summed E-state index contributed by atoms with van der Waals surface area (Å²) in [4.78, 5) is 0. The summed E-state index contributed by atoms with van der Waals surface area (Å²) in [7, 11) is 3.23. The van der Waals surface area contributed by atoms with Crippen molar-refractivity contribution in [3.63, 3.8) is 0 Å². The third-order valence-corrected chi connectivity index (χ3v) is 7.77. The van der Waals surface area contributed by atoms with Crippen molar-refractivity contribution >= 4 is 0 Å². The van der Waals surface area contributed by atoms with Crippen molar-refractivity contribution in [2.24, 2.45) is 0 Å². The lowest BCUT2D eigenvalue weighted by molar-refractivity contribution is -0.273. The van der Waals surface area contributed by atoms with Crippen molar-refractivity contribution in [2.75, 3.05) is 14.2 Å². The van der Waals surface area contributed by atoms with Crippen molar-refractivity contribution in [3.8, 4) is 11.5 Å². The molecule has 5 rings (SSSR count). The maximum atomic E-state index is 11.5. The van der Waals surface area contributed by atoms with Crippen LogP contribution in [0.5, 0.6) is 11.5 Å². The number of benzene rings is 4. The fourth-order valence-corrected chi connectivity index (χ4v) is 5.28. The molecular weight excluding hydrogens is 560 g/mol. The number of rotatable bonds is 14. The zero-order valence-electron chi connectivity index (χ0n) is 25.0. The zero-order valence-corrected chi connectivity index (χ0v) is 25.0. The average molecular weight is 601 g/mol. The van der Waals surface area contributed by atoms with E-state index in [0.717, 1.165) is 33.8 Å². The molecule has 4 aromatic rings. The zero-order chi connectivity index (χ0) is 30.7. The van der Waals surface area contributed by atoms with E-state index in [0.29, 0.717) is 0 Å². The minimum atomic E-state index is -1.30. The van der Waals surface area contributed by atoms with Gasteiger partial charge in [0.25, 0.3) is 0 Å².